The normalized spacial score (nSPS) is 14.0. The highest BCUT2D eigenvalue weighted by molar-refractivity contribution is 5.25. The molecule has 2 rings (SSSR count). The van der Waals surface area contributed by atoms with Gasteiger partial charge in [0.2, 0.25) is 0 Å². The Morgan fingerprint density at radius 1 is 1.05 bits per heavy atom. The Bertz CT molecular complexity index is 565. The third-order valence-corrected chi connectivity index (χ3v) is 3.56. The van der Waals surface area contributed by atoms with Gasteiger partial charge >= 0.3 is 0 Å². The number of rotatable bonds is 5. The summed E-state index contributed by atoms with van der Waals surface area (Å²) < 4.78 is 13.6. The molecule has 2 heteroatoms. The molecule has 2 aromatic carbocycles. The van der Waals surface area contributed by atoms with Crippen LogP contribution in [0, 0.1) is 12.7 Å². The summed E-state index contributed by atoms with van der Waals surface area (Å²) in [5.74, 6) is -0.121. The number of nitrogens with one attached hydrogen (secondary N) is 1. The van der Waals surface area contributed by atoms with Gasteiger partial charge in [-0.3, -0.25) is 0 Å². The van der Waals surface area contributed by atoms with E-state index in [0.717, 1.165) is 5.56 Å². The number of halogens is 1. The lowest BCUT2D eigenvalue weighted by atomic mass is 10.0. The Morgan fingerprint density at radius 3 is 2.50 bits per heavy atom. The van der Waals surface area contributed by atoms with Crippen LogP contribution in [0.5, 0.6) is 0 Å². The van der Waals surface area contributed by atoms with Gasteiger partial charge in [-0.05, 0) is 44.4 Å². The van der Waals surface area contributed by atoms with Crippen molar-refractivity contribution < 1.29 is 4.39 Å². The number of hydrogen-bond acceptors (Lipinski definition) is 1. The molecule has 0 aliphatic rings. The fraction of sp³-hybridized carbons (Fsp3) is 0.333. The molecule has 20 heavy (non-hydrogen) atoms. The molecule has 0 saturated heterocycles. The third-order valence-electron chi connectivity index (χ3n) is 3.56. The van der Waals surface area contributed by atoms with Crippen molar-refractivity contribution in [3.05, 3.63) is 71.0 Å². The smallest absolute Gasteiger partial charge is 0.126 e. The summed E-state index contributed by atoms with van der Waals surface area (Å²) in [5, 5.41) is 3.53. The molecular formula is C18H22FN. The first-order valence-electron chi connectivity index (χ1n) is 7.12. The van der Waals surface area contributed by atoms with E-state index in [1.54, 1.807) is 6.07 Å². The molecule has 1 nitrogen and oxygen atoms in total. The second-order valence-electron chi connectivity index (χ2n) is 5.50. The first kappa shape index (κ1) is 14.7. The van der Waals surface area contributed by atoms with Crippen LogP contribution in [0.4, 0.5) is 4.39 Å². The predicted octanol–water partition coefficient (Wildman–Crippen LogP) is 4.42. The molecule has 0 saturated carbocycles. The minimum absolute atomic E-state index is 0.121. The minimum Gasteiger partial charge on any atom is -0.307 e. The van der Waals surface area contributed by atoms with Crippen molar-refractivity contribution in [2.75, 3.05) is 0 Å². The Labute approximate surface area is 120 Å². The Hall–Kier alpha value is -1.67. The van der Waals surface area contributed by atoms with Gasteiger partial charge in [-0.2, -0.15) is 0 Å². The molecule has 0 aliphatic heterocycles. The Balaban J connectivity index is 1.98. The van der Waals surface area contributed by atoms with Crippen molar-refractivity contribution in [3.8, 4) is 0 Å². The first-order valence-corrected chi connectivity index (χ1v) is 7.12. The molecule has 2 aromatic rings. The molecule has 0 fully saturated rings. The third kappa shape index (κ3) is 3.91. The van der Waals surface area contributed by atoms with Gasteiger partial charge in [0.1, 0.15) is 5.82 Å². The van der Waals surface area contributed by atoms with Crippen LogP contribution in [0.3, 0.4) is 0 Å². The zero-order chi connectivity index (χ0) is 14.5. The average Bonchev–Trinajstić information content (AvgIpc) is 2.41. The summed E-state index contributed by atoms with van der Waals surface area (Å²) >= 11 is 0. The summed E-state index contributed by atoms with van der Waals surface area (Å²) in [5.41, 5.74) is 3.30. The largest absolute Gasteiger partial charge is 0.307 e. The van der Waals surface area contributed by atoms with Crippen LogP contribution in [0.15, 0.2) is 48.5 Å². The molecule has 0 aliphatic carbocycles. The van der Waals surface area contributed by atoms with Crippen molar-refractivity contribution in [2.45, 2.75) is 39.3 Å². The van der Waals surface area contributed by atoms with E-state index in [4.69, 9.17) is 0 Å². The maximum atomic E-state index is 13.6. The average molecular weight is 271 g/mol. The molecule has 0 radical (unpaired) electrons. The standard InChI is InChI=1S/C18H22FN/c1-13-7-6-9-16(11-13)15(3)20-14(2)12-17-8-4-5-10-18(17)19/h4-11,14-15,20H,12H2,1-3H3/t14?,15-/m1/s1. The van der Waals surface area contributed by atoms with Gasteiger partial charge in [-0.1, -0.05) is 48.0 Å². The van der Waals surface area contributed by atoms with E-state index in [9.17, 15) is 4.39 Å². The van der Waals surface area contributed by atoms with Crippen molar-refractivity contribution >= 4 is 0 Å². The molecule has 0 spiro atoms. The van der Waals surface area contributed by atoms with Crippen molar-refractivity contribution in [1.29, 1.82) is 0 Å². The van der Waals surface area contributed by atoms with Crippen molar-refractivity contribution in [3.63, 3.8) is 0 Å². The van der Waals surface area contributed by atoms with Crippen LogP contribution in [0.25, 0.3) is 0 Å². The maximum Gasteiger partial charge on any atom is 0.126 e. The fourth-order valence-corrected chi connectivity index (χ4v) is 2.52. The summed E-state index contributed by atoms with van der Waals surface area (Å²) in [4.78, 5) is 0. The van der Waals surface area contributed by atoms with Crippen LogP contribution in [0.2, 0.25) is 0 Å². The topological polar surface area (TPSA) is 12.0 Å². The second-order valence-corrected chi connectivity index (χ2v) is 5.50. The molecule has 1 unspecified atom stereocenters. The quantitative estimate of drug-likeness (QED) is 0.849. The summed E-state index contributed by atoms with van der Waals surface area (Å²) in [6.07, 6.45) is 0.697. The molecule has 0 bridgehead atoms. The van der Waals surface area contributed by atoms with Gasteiger partial charge in [-0.15, -0.1) is 0 Å². The van der Waals surface area contributed by atoms with Gasteiger partial charge in [0.05, 0.1) is 0 Å². The van der Waals surface area contributed by atoms with Crippen LogP contribution in [-0.2, 0) is 6.42 Å². The SMILES string of the molecule is Cc1cccc([C@@H](C)NC(C)Cc2ccccc2F)c1. The lowest BCUT2D eigenvalue weighted by molar-refractivity contribution is 0.469. The van der Waals surface area contributed by atoms with Gasteiger partial charge in [0.15, 0.2) is 0 Å². The summed E-state index contributed by atoms with van der Waals surface area (Å²) in [6.45, 7) is 6.34. The monoisotopic (exact) mass is 271 g/mol. The number of benzene rings is 2. The highest BCUT2D eigenvalue weighted by atomic mass is 19.1. The first-order chi connectivity index (χ1) is 9.56. The molecular weight excluding hydrogens is 249 g/mol. The summed E-state index contributed by atoms with van der Waals surface area (Å²) in [6, 6.07) is 16.0. The van der Waals surface area contributed by atoms with E-state index < -0.39 is 0 Å². The van der Waals surface area contributed by atoms with Crippen LogP contribution in [0.1, 0.15) is 36.6 Å². The maximum absolute atomic E-state index is 13.6. The van der Waals surface area contributed by atoms with Gasteiger partial charge < -0.3 is 5.32 Å². The molecule has 0 amide bonds. The zero-order valence-electron chi connectivity index (χ0n) is 12.4. The summed E-state index contributed by atoms with van der Waals surface area (Å²) in [7, 11) is 0. The highest BCUT2D eigenvalue weighted by Gasteiger charge is 2.11. The van der Waals surface area contributed by atoms with Gasteiger partial charge in [0, 0.05) is 12.1 Å². The zero-order valence-corrected chi connectivity index (χ0v) is 12.4. The Morgan fingerprint density at radius 2 is 1.80 bits per heavy atom. The molecule has 1 N–H and O–H groups in total. The van der Waals surface area contributed by atoms with E-state index in [1.165, 1.54) is 17.2 Å². The fourth-order valence-electron chi connectivity index (χ4n) is 2.52. The lowest BCUT2D eigenvalue weighted by Gasteiger charge is -2.21. The lowest BCUT2D eigenvalue weighted by Crippen LogP contribution is -2.31. The van der Waals surface area contributed by atoms with E-state index in [1.807, 2.05) is 12.1 Å². The minimum atomic E-state index is -0.121. The van der Waals surface area contributed by atoms with E-state index in [2.05, 4.69) is 50.4 Å². The number of aryl methyl sites for hydroxylation is 1. The van der Waals surface area contributed by atoms with E-state index >= 15 is 0 Å². The molecule has 106 valence electrons. The highest BCUT2D eigenvalue weighted by Crippen LogP contribution is 2.16. The molecule has 0 aromatic heterocycles. The molecule has 2 atom stereocenters. The van der Waals surface area contributed by atoms with Crippen LogP contribution in [-0.4, -0.2) is 6.04 Å². The number of hydrogen-bond donors (Lipinski definition) is 1. The second kappa shape index (κ2) is 6.67. The van der Waals surface area contributed by atoms with Gasteiger partial charge in [-0.25, -0.2) is 4.39 Å². The van der Waals surface area contributed by atoms with Crippen molar-refractivity contribution in [1.82, 2.24) is 5.32 Å². The van der Waals surface area contributed by atoms with E-state index in [-0.39, 0.29) is 17.9 Å². The van der Waals surface area contributed by atoms with Gasteiger partial charge in [0.25, 0.3) is 0 Å². The van der Waals surface area contributed by atoms with Crippen LogP contribution < -0.4 is 5.32 Å². The predicted molar refractivity (Wildman–Crippen MR) is 82.3 cm³/mol. The van der Waals surface area contributed by atoms with Crippen LogP contribution >= 0.6 is 0 Å². The van der Waals surface area contributed by atoms with Crippen molar-refractivity contribution in [2.24, 2.45) is 0 Å². The van der Waals surface area contributed by atoms with E-state index in [0.29, 0.717) is 6.42 Å². The molecule has 0 heterocycles. The Kier molecular flexibility index (Phi) is 4.91.